The third-order valence-electron chi connectivity index (χ3n) is 2.65. The Morgan fingerprint density at radius 1 is 1.38 bits per heavy atom. The quantitative estimate of drug-likeness (QED) is 0.891. The van der Waals surface area contributed by atoms with Crippen LogP contribution in [-0.4, -0.2) is 17.0 Å². The molecule has 2 heterocycles. The maximum atomic E-state index is 4.50. The van der Waals surface area contributed by atoms with Crippen LogP contribution < -0.4 is 5.32 Å². The third kappa shape index (κ3) is 3.01. The molecule has 2 rings (SSSR count). The summed E-state index contributed by atoms with van der Waals surface area (Å²) in [5.74, 6) is 0. The number of aliphatic imine (C=N–C) groups is 1. The summed E-state index contributed by atoms with van der Waals surface area (Å²) < 4.78 is 0. The predicted octanol–water partition coefficient (Wildman–Crippen LogP) is 3.28. The highest BCUT2D eigenvalue weighted by Crippen LogP contribution is 2.23. The number of aryl methyl sites for hydroxylation is 1. The third-order valence-corrected chi connectivity index (χ3v) is 5.19. The Hall–Kier alpha value is -0.480. The lowest BCUT2D eigenvalue weighted by atomic mass is 10.3. The lowest BCUT2D eigenvalue weighted by Crippen LogP contribution is -2.18. The van der Waals surface area contributed by atoms with Gasteiger partial charge in [0.05, 0.1) is 13.1 Å². The lowest BCUT2D eigenvalue weighted by molar-refractivity contribution is 0.840. The van der Waals surface area contributed by atoms with E-state index in [2.05, 4.69) is 36.3 Å². The molecule has 0 radical (unpaired) electrons. The minimum atomic E-state index is 0.692. The summed E-state index contributed by atoms with van der Waals surface area (Å²) >= 11 is 3.78. The van der Waals surface area contributed by atoms with Crippen molar-refractivity contribution in [1.29, 1.82) is 0 Å². The molecule has 4 heteroatoms. The molecule has 0 fully saturated rings. The molecule has 1 aliphatic heterocycles. The van der Waals surface area contributed by atoms with E-state index in [-0.39, 0.29) is 0 Å². The van der Waals surface area contributed by atoms with Crippen molar-refractivity contribution in [3.05, 3.63) is 21.9 Å². The fourth-order valence-electron chi connectivity index (χ4n) is 1.60. The summed E-state index contributed by atoms with van der Waals surface area (Å²) in [7, 11) is 0. The number of rotatable bonds is 4. The number of thiophene rings is 1. The highest BCUT2D eigenvalue weighted by atomic mass is 32.2. The molecule has 0 aliphatic carbocycles. The molecule has 1 N–H and O–H groups in total. The van der Waals surface area contributed by atoms with Crippen LogP contribution in [0.15, 0.2) is 17.1 Å². The summed E-state index contributed by atoms with van der Waals surface area (Å²) in [5.41, 5.74) is 0. The molecule has 1 aromatic rings. The van der Waals surface area contributed by atoms with Crippen LogP contribution in [0.2, 0.25) is 0 Å². The standard InChI is InChI=1S/C12H18N2S2/c1-3-9-5-6-11(15-9)8-14-12-13-7-10(4-2)16-12/h5-6,10H,3-4,7-8H2,1-2H3,(H,13,14). The molecule has 0 saturated heterocycles. The van der Waals surface area contributed by atoms with Crippen LogP contribution in [0, 0.1) is 0 Å². The Labute approximate surface area is 106 Å². The Balaban J connectivity index is 1.79. The molecule has 0 spiro atoms. The molecule has 0 bridgehead atoms. The van der Waals surface area contributed by atoms with Crippen LogP contribution in [0.5, 0.6) is 0 Å². The van der Waals surface area contributed by atoms with E-state index < -0.39 is 0 Å². The monoisotopic (exact) mass is 254 g/mol. The highest BCUT2D eigenvalue weighted by molar-refractivity contribution is 8.14. The maximum absolute atomic E-state index is 4.50. The zero-order valence-corrected chi connectivity index (χ0v) is 11.5. The van der Waals surface area contributed by atoms with E-state index in [4.69, 9.17) is 0 Å². The first-order chi connectivity index (χ1) is 7.81. The first-order valence-electron chi connectivity index (χ1n) is 5.84. The normalized spacial score (nSPS) is 19.9. The van der Waals surface area contributed by atoms with Crippen molar-refractivity contribution in [3.8, 4) is 0 Å². The molecular weight excluding hydrogens is 236 g/mol. The molecule has 1 aliphatic rings. The lowest BCUT2D eigenvalue weighted by Gasteiger charge is -2.05. The summed E-state index contributed by atoms with van der Waals surface area (Å²) in [4.78, 5) is 7.37. The molecule has 0 aromatic carbocycles. The number of hydrogen-bond donors (Lipinski definition) is 1. The molecule has 1 atom stereocenters. The number of hydrogen-bond acceptors (Lipinski definition) is 4. The van der Waals surface area contributed by atoms with Crippen molar-refractivity contribution < 1.29 is 0 Å². The summed E-state index contributed by atoms with van der Waals surface area (Å²) in [5, 5.41) is 5.24. The van der Waals surface area contributed by atoms with Crippen molar-refractivity contribution in [3.63, 3.8) is 0 Å². The molecule has 1 aromatic heterocycles. The van der Waals surface area contributed by atoms with E-state index in [0.717, 1.165) is 24.7 Å². The van der Waals surface area contributed by atoms with Crippen molar-refractivity contribution >= 4 is 28.3 Å². The Kier molecular flexibility index (Phi) is 4.29. The van der Waals surface area contributed by atoms with Crippen LogP contribution in [0.4, 0.5) is 0 Å². The van der Waals surface area contributed by atoms with Gasteiger partial charge in [0.1, 0.15) is 0 Å². The van der Waals surface area contributed by atoms with Gasteiger partial charge in [0.25, 0.3) is 0 Å². The van der Waals surface area contributed by atoms with Gasteiger partial charge in [0, 0.05) is 15.0 Å². The first kappa shape index (κ1) is 12.0. The summed E-state index contributed by atoms with van der Waals surface area (Å²) in [6.07, 6.45) is 2.34. The molecule has 0 amide bonds. The van der Waals surface area contributed by atoms with Gasteiger partial charge in [-0.2, -0.15) is 0 Å². The minimum absolute atomic E-state index is 0.692. The molecule has 1 unspecified atom stereocenters. The molecule has 2 nitrogen and oxygen atoms in total. The molecular formula is C12H18N2S2. The Bertz CT molecular complexity index is 371. The van der Waals surface area contributed by atoms with Gasteiger partial charge in [-0.15, -0.1) is 11.3 Å². The smallest absolute Gasteiger partial charge is 0.157 e. The zero-order chi connectivity index (χ0) is 11.4. The maximum Gasteiger partial charge on any atom is 0.157 e. The fraction of sp³-hybridized carbons (Fsp3) is 0.583. The van der Waals surface area contributed by atoms with E-state index in [1.807, 2.05) is 23.1 Å². The minimum Gasteiger partial charge on any atom is -0.360 e. The number of thioether (sulfide) groups is 1. The summed E-state index contributed by atoms with van der Waals surface area (Å²) in [6.45, 7) is 6.33. The highest BCUT2D eigenvalue weighted by Gasteiger charge is 2.17. The molecule has 0 saturated carbocycles. The van der Waals surface area contributed by atoms with Gasteiger partial charge in [-0.25, -0.2) is 0 Å². The topological polar surface area (TPSA) is 24.4 Å². The van der Waals surface area contributed by atoms with Crippen molar-refractivity contribution in [2.75, 3.05) is 6.54 Å². The second-order valence-corrected chi connectivity index (χ2v) is 6.41. The second kappa shape index (κ2) is 5.73. The largest absolute Gasteiger partial charge is 0.360 e. The van der Waals surface area contributed by atoms with Crippen LogP contribution in [0.3, 0.4) is 0 Å². The predicted molar refractivity (Wildman–Crippen MR) is 74.5 cm³/mol. The fourth-order valence-corrected chi connectivity index (χ4v) is 3.43. The SMILES string of the molecule is CCc1ccc(CNC2=NCC(CC)S2)s1. The van der Waals surface area contributed by atoms with Gasteiger partial charge < -0.3 is 5.32 Å². The van der Waals surface area contributed by atoms with Gasteiger partial charge >= 0.3 is 0 Å². The van der Waals surface area contributed by atoms with Gasteiger partial charge in [0.15, 0.2) is 5.17 Å². The van der Waals surface area contributed by atoms with Crippen LogP contribution in [0.25, 0.3) is 0 Å². The van der Waals surface area contributed by atoms with Crippen molar-refractivity contribution in [2.24, 2.45) is 4.99 Å². The average Bonchev–Trinajstić information content (AvgIpc) is 2.95. The number of nitrogens with zero attached hydrogens (tertiary/aromatic N) is 1. The van der Waals surface area contributed by atoms with E-state index in [0.29, 0.717) is 5.25 Å². The number of nitrogens with one attached hydrogen (secondary N) is 1. The molecule has 16 heavy (non-hydrogen) atoms. The van der Waals surface area contributed by atoms with E-state index in [1.54, 1.807) is 0 Å². The number of amidine groups is 1. The van der Waals surface area contributed by atoms with Gasteiger partial charge in [-0.3, -0.25) is 4.99 Å². The summed E-state index contributed by atoms with van der Waals surface area (Å²) in [6, 6.07) is 4.44. The van der Waals surface area contributed by atoms with Gasteiger partial charge in [-0.1, -0.05) is 25.6 Å². The first-order valence-corrected chi connectivity index (χ1v) is 7.54. The Morgan fingerprint density at radius 2 is 2.19 bits per heavy atom. The Morgan fingerprint density at radius 3 is 2.81 bits per heavy atom. The second-order valence-electron chi connectivity index (χ2n) is 3.87. The van der Waals surface area contributed by atoms with Crippen LogP contribution in [0.1, 0.15) is 30.0 Å². The average molecular weight is 254 g/mol. The van der Waals surface area contributed by atoms with Crippen LogP contribution >= 0.6 is 23.1 Å². The van der Waals surface area contributed by atoms with E-state index in [1.165, 1.54) is 16.2 Å². The van der Waals surface area contributed by atoms with E-state index in [9.17, 15) is 0 Å². The van der Waals surface area contributed by atoms with Crippen LogP contribution in [-0.2, 0) is 13.0 Å². The van der Waals surface area contributed by atoms with E-state index >= 15 is 0 Å². The zero-order valence-electron chi connectivity index (χ0n) is 9.82. The molecule has 88 valence electrons. The van der Waals surface area contributed by atoms with Crippen molar-refractivity contribution in [1.82, 2.24) is 5.32 Å². The van der Waals surface area contributed by atoms with Crippen molar-refractivity contribution in [2.45, 2.75) is 38.5 Å². The van der Waals surface area contributed by atoms with Gasteiger partial charge in [-0.05, 0) is 25.0 Å². The van der Waals surface area contributed by atoms with Gasteiger partial charge in [0.2, 0.25) is 0 Å².